The summed E-state index contributed by atoms with van der Waals surface area (Å²) in [5, 5.41) is 28.0. The molecule has 0 amide bonds. The molecule has 15 heavy (non-hydrogen) atoms. The molecule has 3 N–H and O–H groups in total. The monoisotopic (exact) mass is 208 g/mol. The Morgan fingerprint density at radius 1 is 1.00 bits per heavy atom. The van der Waals surface area contributed by atoms with Crippen molar-refractivity contribution in [3.63, 3.8) is 0 Å². The van der Waals surface area contributed by atoms with Gasteiger partial charge >= 0.3 is 0 Å². The van der Waals surface area contributed by atoms with Crippen LogP contribution in [0.1, 0.15) is 18.6 Å². The van der Waals surface area contributed by atoms with E-state index in [4.69, 9.17) is 5.11 Å². The molecule has 1 aromatic rings. The van der Waals surface area contributed by atoms with E-state index in [1.807, 2.05) is 18.2 Å². The van der Waals surface area contributed by atoms with Crippen LogP contribution in [0.5, 0.6) is 0 Å². The predicted molar refractivity (Wildman–Crippen MR) is 58.2 cm³/mol. The number of aliphatic hydroxyl groups is 3. The van der Waals surface area contributed by atoms with Crippen molar-refractivity contribution in [1.29, 1.82) is 0 Å². The minimum atomic E-state index is -0.941. The lowest BCUT2D eigenvalue weighted by Gasteiger charge is -2.10. The van der Waals surface area contributed by atoms with Crippen LogP contribution in [-0.2, 0) is 0 Å². The van der Waals surface area contributed by atoms with Crippen molar-refractivity contribution in [2.45, 2.75) is 25.2 Å². The molecule has 0 saturated carbocycles. The summed E-state index contributed by atoms with van der Waals surface area (Å²) in [5.74, 6) is 0. The molecule has 0 aliphatic heterocycles. The fourth-order valence-corrected chi connectivity index (χ4v) is 1.14. The van der Waals surface area contributed by atoms with Crippen molar-refractivity contribution in [1.82, 2.24) is 0 Å². The molecule has 0 fully saturated rings. The summed E-state index contributed by atoms with van der Waals surface area (Å²) in [4.78, 5) is 0. The van der Waals surface area contributed by atoms with Crippen molar-refractivity contribution in [2.75, 3.05) is 0 Å². The molecule has 0 bridgehead atoms. The second kappa shape index (κ2) is 5.66. The van der Waals surface area contributed by atoms with Gasteiger partial charge in [-0.15, -0.1) is 0 Å². The maximum Gasteiger partial charge on any atom is 0.0978 e. The maximum absolute atomic E-state index is 9.67. The van der Waals surface area contributed by atoms with Gasteiger partial charge in [-0.3, -0.25) is 0 Å². The Labute approximate surface area is 89.3 Å². The Kier molecular flexibility index (Phi) is 4.49. The summed E-state index contributed by atoms with van der Waals surface area (Å²) < 4.78 is 0. The molecule has 1 rings (SSSR count). The molecule has 0 aromatic heterocycles. The van der Waals surface area contributed by atoms with E-state index in [0.29, 0.717) is 0 Å². The second-order valence-corrected chi connectivity index (χ2v) is 3.47. The average Bonchev–Trinajstić information content (AvgIpc) is 2.26. The largest absolute Gasteiger partial charge is 0.390 e. The van der Waals surface area contributed by atoms with Crippen molar-refractivity contribution in [3.8, 4) is 0 Å². The van der Waals surface area contributed by atoms with Crippen LogP contribution in [0.25, 0.3) is 0 Å². The molecule has 0 saturated heterocycles. The Hall–Kier alpha value is -1.16. The van der Waals surface area contributed by atoms with Gasteiger partial charge in [-0.1, -0.05) is 42.5 Å². The van der Waals surface area contributed by atoms with Crippen LogP contribution >= 0.6 is 0 Å². The van der Waals surface area contributed by atoms with Crippen LogP contribution in [0.15, 0.2) is 42.5 Å². The lowest BCUT2D eigenvalue weighted by atomic mass is 10.1. The zero-order valence-electron chi connectivity index (χ0n) is 8.62. The molecule has 0 radical (unpaired) electrons. The van der Waals surface area contributed by atoms with Gasteiger partial charge in [-0.2, -0.15) is 0 Å². The van der Waals surface area contributed by atoms with Gasteiger partial charge in [0, 0.05) is 0 Å². The minimum Gasteiger partial charge on any atom is -0.390 e. The van der Waals surface area contributed by atoms with Crippen LogP contribution in [0.3, 0.4) is 0 Å². The van der Waals surface area contributed by atoms with E-state index in [2.05, 4.69) is 0 Å². The zero-order valence-corrected chi connectivity index (χ0v) is 8.62. The van der Waals surface area contributed by atoms with E-state index in [0.717, 1.165) is 5.56 Å². The van der Waals surface area contributed by atoms with Gasteiger partial charge in [0.25, 0.3) is 0 Å². The molecule has 0 aliphatic carbocycles. The Balaban J connectivity index is 2.60. The summed E-state index contributed by atoms with van der Waals surface area (Å²) in [6.07, 6.45) is 0.335. The molecule has 3 heteroatoms. The predicted octanol–water partition coefficient (Wildman–Crippen LogP) is 1.02. The molecule has 82 valence electrons. The number of benzene rings is 1. The maximum atomic E-state index is 9.67. The minimum absolute atomic E-state index is 0.750. The third-order valence-corrected chi connectivity index (χ3v) is 2.13. The quantitative estimate of drug-likeness (QED) is 0.647. The average molecular weight is 208 g/mol. The first-order valence-electron chi connectivity index (χ1n) is 4.88. The molecule has 1 aromatic carbocycles. The van der Waals surface area contributed by atoms with E-state index in [9.17, 15) is 10.2 Å². The summed E-state index contributed by atoms with van der Waals surface area (Å²) in [7, 11) is 0. The van der Waals surface area contributed by atoms with Gasteiger partial charge in [-0.05, 0) is 12.5 Å². The van der Waals surface area contributed by atoms with Crippen LogP contribution in [0, 0.1) is 0 Å². The van der Waals surface area contributed by atoms with Gasteiger partial charge in [0.15, 0.2) is 0 Å². The molecule has 3 atom stereocenters. The van der Waals surface area contributed by atoms with Crippen molar-refractivity contribution >= 4 is 0 Å². The van der Waals surface area contributed by atoms with E-state index < -0.39 is 18.3 Å². The number of aliphatic hydroxyl groups excluding tert-OH is 3. The first-order chi connectivity index (χ1) is 7.11. The molecular weight excluding hydrogens is 192 g/mol. The fraction of sp³-hybridized carbons (Fsp3) is 0.333. The highest BCUT2D eigenvalue weighted by molar-refractivity contribution is 5.21. The summed E-state index contributed by atoms with van der Waals surface area (Å²) in [6.45, 7) is 1.49. The first kappa shape index (κ1) is 11.9. The lowest BCUT2D eigenvalue weighted by Crippen LogP contribution is -2.19. The molecular formula is C12H16O3. The SMILES string of the molecule is C[C@H](O)[C@H](O)/C=C/[C@@H](O)c1ccccc1. The first-order valence-corrected chi connectivity index (χ1v) is 4.88. The molecule has 3 nitrogen and oxygen atoms in total. The molecule has 0 spiro atoms. The Morgan fingerprint density at radius 3 is 2.13 bits per heavy atom. The summed E-state index contributed by atoms with van der Waals surface area (Å²) in [6, 6.07) is 9.12. The van der Waals surface area contributed by atoms with Crippen LogP contribution in [0.2, 0.25) is 0 Å². The molecule has 0 heterocycles. The van der Waals surface area contributed by atoms with E-state index in [-0.39, 0.29) is 0 Å². The smallest absolute Gasteiger partial charge is 0.0978 e. The highest BCUT2D eigenvalue weighted by Crippen LogP contribution is 2.13. The van der Waals surface area contributed by atoms with Crippen molar-refractivity contribution in [2.24, 2.45) is 0 Å². The summed E-state index contributed by atoms with van der Waals surface area (Å²) in [5.41, 5.74) is 0.756. The Bertz CT molecular complexity index is 306. The van der Waals surface area contributed by atoms with Crippen LogP contribution in [-0.4, -0.2) is 27.5 Å². The highest BCUT2D eigenvalue weighted by Gasteiger charge is 2.07. The van der Waals surface area contributed by atoms with E-state index in [1.54, 1.807) is 12.1 Å². The van der Waals surface area contributed by atoms with Gasteiger partial charge in [0.1, 0.15) is 0 Å². The number of rotatable bonds is 4. The van der Waals surface area contributed by atoms with E-state index >= 15 is 0 Å². The molecule has 0 unspecified atom stereocenters. The van der Waals surface area contributed by atoms with Crippen molar-refractivity contribution in [3.05, 3.63) is 48.0 Å². The van der Waals surface area contributed by atoms with Gasteiger partial charge < -0.3 is 15.3 Å². The highest BCUT2D eigenvalue weighted by atomic mass is 16.3. The fourth-order valence-electron chi connectivity index (χ4n) is 1.14. The van der Waals surface area contributed by atoms with Gasteiger partial charge in [-0.25, -0.2) is 0 Å². The van der Waals surface area contributed by atoms with Crippen LogP contribution < -0.4 is 0 Å². The zero-order chi connectivity index (χ0) is 11.3. The second-order valence-electron chi connectivity index (χ2n) is 3.47. The van der Waals surface area contributed by atoms with E-state index in [1.165, 1.54) is 19.1 Å². The third kappa shape index (κ3) is 3.83. The molecule has 0 aliphatic rings. The number of hydrogen-bond donors (Lipinski definition) is 3. The third-order valence-electron chi connectivity index (χ3n) is 2.13. The van der Waals surface area contributed by atoms with Gasteiger partial charge in [0.2, 0.25) is 0 Å². The standard InChI is InChI=1S/C12H16O3/c1-9(13)11(14)7-8-12(15)10-5-3-2-4-6-10/h2-9,11-15H,1H3/b8-7+/t9-,11+,12+/m0/s1. The lowest BCUT2D eigenvalue weighted by molar-refractivity contribution is 0.0610. The topological polar surface area (TPSA) is 60.7 Å². The van der Waals surface area contributed by atoms with Crippen LogP contribution in [0.4, 0.5) is 0 Å². The Morgan fingerprint density at radius 2 is 1.60 bits per heavy atom. The van der Waals surface area contributed by atoms with Gasteiger partial charge in [0.05, 0.1) is 18.3 Å². The summed E-state index contributed by atoms with van der Waals surface area (Å²) >= 11 is 0. The van der Waals surface area contributed by atoms with Crippen molar-refractivity contribution < 1.29 is 15.3 Å². The normalized spacial score (nSPS) is 17.6. The number of hydrogen-bond acceptors (Lipinski definition) is 3.